The van der Waals surface area contributed by atoms with E-state index in [1.165, 1.54) is 18.9 Å². The van der Waals surface area contributed by atoms with Gasteiger partial charge in [-0.1, -0.05) is 30.3 Å². The zero-order chi connectivity index (χ0) is 14.3. The predicted molar refractivity (Wildman–Crippen MR) is 76.8 cm³/mol. The van der Waals surface area contributed by atoms with Gasteiger partial charge in [0.05, 0.1) is 12.4 Å². The van der Waals surface area contributed by atoms with E-state index >= 15 is 0 Å². The minimum atomic E-state index is -0.345. The van der Waals surface area contributed by atoms with Gasteiger partial charge in [-0.15, -0.1) is 11.8 Å². The predicted octanol–water partition coefficient (Wildman–Crippen LogP) is 1.99. The Morgan fingerprint density at radius 2 is 1.84 bits per heavy atom. The summed E-state index contributed by atoms with van der Waals surface area (Å²) in [5.74, 6) is -0.391. The van der Waals surface area contributed by atoms with Crippen LogP contribution < -0.4 is 5.32 Å². The zero-order valence-electron chi connectivity index (χ0n) is 11.4. The fourth-order valence-electron chi connectivity index (χ4n) is 1.52. The van der Waals surface area contributed by atoms with E-state index in [1.54, 1.807) is 13.8 Å². The topological polar surface area (TPSA) is 55.4 Å². The standard InChI is InChI=1S/C14H19NO3S/c1-10(19-11(2)14(17)18-3)13(16)15-9-12-7-5-4-6-8-12/h4-8,10-11H,9H2,1-3H3,(H,15,16). The number of hydrogen-bond acceptors (Lipinski definition) is 4. The van der Waals surface area contributed by atoms with E-state index in [-0.39, 0.29) is 22.4 Å². The van der Waals surface area contributed by atoms with Crippen molar-refractivity contribution in [2.45, 2.75) is 30.9 Å². The summed E-state index contributed by atoms with van der Waals surface area (Å²) < 4.78 is 4.63. The SMILES string of the molecule is COC(=O)C(C)SC(C)C(=O)NCc1ccccc1. The number of methoxy groups -OCH3 is 1. The molecule has 0 spiro atoms. The highest BCUT2D eigenvalue weighted by Crippen LogP contribution is 2.18. The second-order valence-corrected chi connectivity index (χ2v) is 5.83. The lowest BCUT2D eigenvalue weighted by Crippen LogP contribution is -2.32. The molecule has 0 aliphatic rings. The maximum atomic E-state index is 11.9. The normalized spacial score (nSPS) is 13.4. The zero-order valence-corrected chi connectivity index (χ0v) is 12.2. The van der Waals surface area contributed by atoms with Crippen molar-refractivity contribution in [2.75, 3.05) is 7.11 Å². The van der Waals surface area contributed by atoms with Crippen molar-refractivity contribution >= 4 is 23.6 Å². The van der Waals surface area contributed by atoms with Crippen molar-refractivity contribution < 1.29 is 14.3 Å². The van der Waals surface area contributed by atoms with E-state index in [4.69, 9.17) is 0 Å². The van der Waals surface area contributed by atoms with Gasteiger partial charge in [-0.2, -0.15) is 0 Å². The summed E-state index contributed by atoms with van der Waals surface area (Å²) in [5.41, 5.74) is 1.05. The molecule has 2 unspecified atom stereocenters. The van der Waals surface area contributed by atoms with E-state index in [9.17, 15) is 9.59 Å². The molecule has 1 N–H and O–H groups in total. The van der Waals surface area contributed by atoms with E-state index in [0.717, 1.165) is 5.56 Å². The van der Waals surface area contributed by atoms with Crippen molar-refractivity contribution in [3.63, 3.8) is 0 Å². The second kappa shape index (κ2) is 7.84. The molecular weight excluding hydrogens is 262 g/mol. The average Bonchev–Trinajstić information content (AvgIpc) is 2.44. The van der Waals surface area contributed by atoms with E-state index in [2.05, 4.69) is 10.1 Å². The fourth-order valence-corrected chi connectivity index (χ4v) is 2.54. The van der Waals surface area contributed by atoms with Gasteiger partial charge in [-0.05, 0) is 19.4 Å². The molecule has 1 aromatic carbocycles. The van der Waals surface area contributed by atoms with Crippen molar-refractivity contribution in [1.82, 2.24) is 5.32 Å². The molecule has 1 amide bonds. The number of esters is 1. The Bertz CT molecular complexity index is 422. The number of amides is 1. The molecule has 0 heterocycles. The Labute approximate surface area is 117 Å². The minimum Gasteiger partial charge on any atom is -0.468 e. The molecule has 0 saturated heterocycles. The third-order valence-electron chi connectivity index (χ3n) is 2.62. The minimum absolute atomic E-state index is 0.0791. The quantitative estimate of drug-likeness (QED) is 0.810. The molecule has 0 aliphatic heterocycles. The summed E-state index contributed by atoms with van der Waals surface area (Å²) >= 11 is 1.29. The molecule has 0 saturated carbocycles. The van der Waals surface area contributed by atoms with Crippen LogP contribution in [0.5, 0.6) is 0 Å². The molecule has 1 rings (SSSR count). The Morgan fingerprint density at radius 1 is 1.21 bits per heavy atom. The molecular formula is C14H19NO3S. The van der Waals surface area contributed by atoms with E-state index < -0.39 is 0 Å². The number of carbonyl (C=O) groups is 2. The number of thioether (sulfide) groups is 1. The van der Waals surface area contributed by atoms with Gasteiger partial charge in [-0.25, -0.2) is 0 Å². The van der Waals surface area contributed by atoms with Crippen molar-refractivity contribution in [2.24, 2.45) is 0 Å². The molecule has 0 bridgehead atoms. The van der Waals surface area contributed by atoms with Gasteiger partial charge in [0.1, 0.15) is 5.25 Å². The first-order chi connectivity index (χ1) is 9.04. The summed E-state index contributed by atoms with van der Waals surface area (Å²) in [6, 6.07) is 9.70. The number of nitrogens with one attached hydrogen (secondary N) is 1. The largest absolute Gasteiger partial charge is 0.468 e. The lowest BCUT2D eigenvalue weighted by Gasteiger charge is -2.15. The van der Waals surface area contributed by atoms with Crippen molar-refractivity contribution in [1.29, 1.82) is 0 Å². The van der Waals surface area contributed by atoms with Crippen molar-refractivity contribution in [3.8, 4) is 0 Å². The smallest absolute Gasteiger partial charge is 0.318 e. The first-order valence-corrected chi connectivity index (χ1v) is 7.03. The van der Waals surface area contributed by atoms with Gasteiger partial charge in [0.25, 0.3) is 0 Å². The van der Waals surface area contributed by atoms with Crippen LogP contribution in [0.4, 0.5) is 0 Å². The monoisotopic (exact) mass is 281 g/mol. The summed E-state index contributed by atoms with van der Waals surface area (Å²) in [5, 5.41) is 2.21. The van der Waals surface area contributed by atoms with E-state index in [0.29, 0.717) is 6.54 Å². The maximum Gasteiger partial charge on any atom is 0.318 e. The molecule has 4 nitrogen and oxygen atoms in total. The van der Waals surface area contributed by atoms with Crippen LogP contribution in [0.2, 0.25) is 0 Å². The van der Waals surface area contributed by atoms with Crippen LogP contribution in [0.3, 0.4) is 0 Å². The van der Waals surface area contributed by atoms with Crippen LogP contribution in [-0.2, 0) is 20.9 Å². The van der Waals surface area contributed by atoms with Crippen LogP contribution in [0.25, 0.3) is 0 Å². The van der Waals surface area contributed by atoms with Crippen LogP contribution in [-0.4, -0.2) is 29.5 Å². The van der Waals surface area contributed by atoms with Gasteiger partial charge in [0, 0.05) is 6.54 Å². The highest BCUT2D eigenvalue weighted by Gasteiger charge is 2.21. The highest BCUT2D eigenvalue weighted by atomic mass is 32.2. The molecule has 0 aromatic heterocycles. The van der Waals surface area contributed by atoms with Gasteiger partial charge < -0.3 is 10.1 Å². The van der Waals surface area contributed by atoms with Gasteiger partial charge in [0.15, 0.2) is 0 Å². The van der Waals surface area contributed by atoms with Gasteiger partial charge >= 0.3 is 5.97 Å². The first-order valence-electron chi connectivity index (χ1n) is 6.09. The number of benzene rings is 1. The lowest BCUT2D eigenvalue weighted by molar-refractivity contribution is -0.139. The summed E-state index contributed by atoms with van der Waals surface area (Å²) in [4.78, 5) is 23.2. The van der Waals surface area contributed by atoms with Crippen LogP contribution in [0.1, 0.15) is 19.4 Å². The molecule has 19 heavy (non-hydrogen) atoms. The summed E-state index contributed by atoms with van der Waals surface area (Å²) in [6.07, 6.45) is 0. The Hall–Kier alpha value is -1.49. The molecule has 2 atom stereocenters. The Balaban J connectivity index is 2.39. The molecule has 1 aromatic rings. The number of rotatable bonds is 6. The molecule has 104 valence electrons. The number of carbonyl (C=O) groups excluding carboxylic acids is 2. The maximum absolute atomic E-state index is 11.9. The molecule has 0 fully saturated rings. The molecule has 0 aliphatic carbocycles. The van der Waals surface area contributed by atoms with Crippen LogP contribution in [0.15, 0.2) is 30.3 Å². The number of ether oxygens (including phenoxy) is 1. The van der Waals surface area contributed by atoms with E-state index in [1.807, 2.05) is 30.3 Å². The molecule has 5 heteroatoms. The van der Waals surface area contributed by atoms with Crippen molar-refractivity contribution in [3.05, 3.63) is 35.9 Å². The lowest BCUT2D eigenvalue weighted by atomic mass is 10.2. The van der Waals surface area contributed by atoms with Gasteiger partial charge in [0.2, 0.25) is 5.91 Å². The average molecular weight is 281 g/mol. The summed E-state index contributed by atoms with van der Waals surface area (Å²) in [6.45, 7) is 4.01. The third kappa shape index (κ3) is 5.34. The third-order valence-corrected chi connectivity index (χ3v) is 3.84. The summed E-state index contributed by atoms with van der Waals surface area (Å²) in [7, 11) is 1.35. The Kier molecular flexibility index (Phi) is 6.42. The second-order valence-electron chi connectivity index (χ2n) is 4.15. The Morgan fingerprint density at radius 3 is 2.42 bits per heavy atom. The fraction of sp³-hybridized carbons (Fsp3) is 0.429. The number of hydrogen-bond donors (Lipinski definition) is 1. The van der Waals surface area contributed by atoms with Crippen LogP contribution >= 0.6 is 11.8 Å². The van der Waals surface area contributed by atoms with Gasteiger partial charge in [-0.3, -0.25) is 9.59 Å². The molecule has 0 radical (unpaired) electrons. The highest BCUT2D eigenvalue weighted by molar-refractivity contribution is 8.01. The first kappa shape index (κ1) is 15.6. The van der Waals surface area contributed by atoms with Crippen LogP contribution in [0, 0.1) is 0 Å².